The van der Waals surface area contributed by atoms with Gasteiger partial charge in [-0.05, 0) is 35.9 Å². The highest BCUT2D eigenvalue weighted by Crippen LogP contribution is 2.31. The van der Waals surface area contributed by atoms with Gasteiger partial charge in [-0.2, -0.15) is 0 Å². The monoisotopic (exact) mass is 283 g/mol. The summed E-state index contributed by atoms with van der Waals surface area (Å²) in [6, 6.07) is 11.2. The number of anilines is 1. The fraction of sp³-hybridized carbons (Fsp3) is 0.143. The van der Waals surface area contributed by atoms with E-state index < -0.39 is 6.43 Å². The van der Waals surface area contributed by atoms with Crippen LogP contribution in [0.15, 0.2) is 42.5 Å². The molecular formula is C14H12ClF2NO. The van der Waals surface area contributed by atoms with Gasteiger partial charge in [-0.1, -0.05) is 23.7 Å². The quantitative estimate of drug-likeness (QED) is 0.842. The largest absolute Gasteiger partial charge is 0.488 e. The number of benzene rings is 2. The molecule has 2 nitrogen and oxygen atoms in total. The van der Waals surface area contributed by atoms with E-state index in [-0.39, 0.29) is 23.6 Å². The van der Waals surface area contributed by atoms with Gasteiger partial charge in [0.1, 0.15) is 12.4 Å². The van der Waals surface area contributed by atoms with E-state index in [1.54, 1.807) is 18.2 Å². The van der Waals surface area contributed by atoms with Crippen molar-refractivity contribution in [1.82, 2.24) is 0 Å². The summed E-state index contributed by atoms with van der Waals surface area (Å²) in [7, 11) is 0. The van der Waals surface area contributed by atoms with Gasteiger partial charge in [-0.15, -0.1) is 0 Å². The molecule has 2 N–H and O–H groups in total. The summed E-state index contributed by atoms with van der Waals surface area (Å²) in [4.78, 5) is 0. The van der Waals surface area contributed by atoms with Gasteiger partial charge < -0.3 is 10.5 Å². The highest BCUT2D eigenvalue weighted by molar-refractivity contribution is 6.30. The van der Waals surface area contributed by atoms with E-state index in [1.165, 1.54) is 18.2 Å². The standard InChI is InChI=1S/C14H12ClF2NO/c15-10-3-1-2-9(6-10)8-19-13-5-4-11(18)7-12(13)14(16)17/h1-7,14H,8,18H2. The molecular weight excluding hydrogens is 272 g/mol. The lowest BCUT2D eigenvalue weighted by molar-refractivity contribution is 0.144. The van der Waals surface area contributed by atoms with Crippen molar-refractivity contribution >= 4 is 17.3 Å². The van der Waals surface area contributed by atoms with Gasteiger partial charge in [-0.25, -0.2) is 8.78 Å². The third-order valence-electron chi connectivity index (χ3n) is 2.55. The average Bonchev–Trinajstić information content (AvgIpc) is 2.37. The zero-order valence-electron chi connectivity index (χ0n) is 9.95. The van der Waals surface area contributed by atoms with Crippen LogP contribution < -0.4 is 10.5 Å². The molecule has 5 heteroatoms. The van der Waals surface area contributed by atoms with Crippen molar-refractivity contribution in [2.24, 2.45) is 0 Å². The van der Waals surface area contributed by atoms with Crippen LogP contribution in [0.25, 0.3) is 0 Å². The van der Waals surface area contributed by atoms with Gasteiger partial charge >= 0.3 is 0 Å². The lowest BCUT2D eigenvalue weighted by Gasteiger charge is -2.12. The van der Waals surface area contributed by atoms with Crippen molar-refractivity contribution in [3.05, 3.63) is 58.6 Å². The molecule has 0 aromatic heterocycles. The first-order valence-corrected chi connectivity index (χ1v) is 5.99. The maximum absolute atomic E-state index is 12.8. The number of halogens is 3. The Morgan fingerprint density at radius 1 is 1.16 bits per heavy atom. The zero-order chi connectivity index (χ0) is 13.8. The summed E-state index contributed by atoms with van der Waals surface area (Å²) in [5.41, 5.74) is 6.37. The molecule has 0 aliphatic heterocycles. The van der Waals surface area contributed by atoms with Gasteiger partial charge in [0.25, 0.3) is 6.43 Å². The van der Waals surface area contributed by atoms with E-state index in [0.717, 1.165) is 5.56 Å². The molecule has 0 saturated heterocycles. The summed E-state index contributed by atoms with van der Waals surface area (Å²) in [6.07, 6.45) is -2.63. The molecule has 2 aromatic carbocycles. The summed E-state index contributed by atoms with van der Waals surface area (Å²) in [5, 5.41) is 0.576. The van der Waals surface area contributed by atoms with Crippen LogP contribution in [0.1, 0.15) is 17.6 Å². The van der Waals surface area contributed by atoms with Crippen LogP contribution in [0.2, 0.25) is 5.02 Å². The Morgan fingerprint density at radius 2 is 1.95 bits per heavy atom. The van der Waals surface area contributed by atoms with Gasteiger partial charge in [0, 0.05) is 10.7 Å². The first-order valence-electron chi connectivity index (χ1n) is 5.61. The third-order valence-corrected chi connectivity index (χ3v) is 2.79. The molecule has 0 aliphatic carbocycles. The Hall–Kier alpha value is -1.81. The minimum absolute atomic E-state index is 0.129. The molecule has 100 valence electrons. The molecule has 0 radical (unpaired) electrons. The van der Waals surface area contributed by atoms with Crippen LogP contribution in [-0.2, 0) is 6.61 Å². The number of alkyl halides is 2. The maximum Gasteiger partial charge on any atom is 0.267 e. The molecule has 0 atom stereocenters. The minimum atomic E-state index is -2.63. The topological polar surface area (TPSA) is 35.2 Å². The Morgan fingerprint density at radius 3 is 2.63 bits per heavy atom. The maximum atomic E-state index is 12.8. The van der Waals surface area contributed by atoms with E-state index >= 15 is 0 Å². The molecule has 0 saturated carbocycles. The number of hydrogen-bond acceptors (Lipinski definition) is 2. The van der Waals surface area contributed by atoms with Crippen LogP contribution in [0.4, 0.5) is 14.5 Å². The van der Waals surface area contributed by atoms with E-state index in [9.17, 15) is 8.78 Å². The number of nitrogens with two attached hydrogens (primary N) is 1. The lowest BCUT2D eigenvalue weighted by atomic mass is 10.2. The second-order valence-corrected chi connectivity index (χ2v) is 4.45. The molecule has 0 amide bonds. The second kappa shape index (κ2) is 5.89. The highest BCUT2D eigenvalue weighted by atomic mass is 35.5. The zero-order valence-corrected chi connectivity index (χ0v) is 10.7. The average molecular weight is 284 g/mol. The molecule has 0 heterocycles. The second-order valence-electron chi connectivity index (χ2n) is 4.02. The SMILES string of the molecule is Nc1ccc(OCc2cccc(Cl)c2)c(C(F)F)c1. The molecule has 0 fully saturated rings. The first-order chi connectivity index (χ1) is 9.06. The Labute approximate surface area is 114 Å². The van der Waals surface area contributed by atoms with Gasteiger partial charge in [0.15, 0.2) is 0 Å². The van der Waals surface area contributed by atoms with E-state index in [2.05, 4.69) is 0 Å². The van der Waals surface area contributed by atoms with Gasteiger partial charge in [0.2, 0.25) is 0 Å². The van der Waals surface area contributed by atoms with Crippen molar-refractivity contribution in [1.29, 1.82) is 0 Å². The van der Waals surface area contributed by atoms with Crippen LogP contribution in [-0.4, -0.2) is 0 Å². The van der Waals surface area contributed by atoms with Crippen molar-refractivity contribution in [3.8, 4) is 5.75 Å². The normalized spacial score (nSPS) is 10.7. The molecule has 0 bridgehead atoms. The minimum Gasteiger partial charge on any atom is -0.488 e. The van der Waals surface area contributed by atoms with Gasteiger partial charge in [0.05, 0.1) is 5.56 Å². The molecule has 0 unspecified atom stereocenters. The van der Waals surface area contributed by atoms with Crippen LogP contribution in [0, 0.1) is 0 Å². The Bertz CT molecular complexity index is 575. The molecule has 0 spiro atoms. The van der Waals surface area contributed by atoms with Crippen molar-refractivity contribution in [3.63, 3.8) is 0 Å². The first kappa shape index (κ1) is 13.6. The molecule has 0 aliphatic rings. The van der Waals surface area contributed by atoms with Crippen LogP contribution >= 0.6 is 11.6 Å². The third kappa shape index (κ3) is 3.58. The predicted octanol–water partition coefficient (Wildman–Crippen LogP) is 4.44. The van der Waals surface area contributed by atoms with Gasteiger partial charge in [-0.3, -0.25) is 0 Å². The molecule has 19 heavy (non-hydrogen) atoms. The lowest BCUT2D eigenvalue weighted by Crippen LogP contribution is -2.00. The Balaban J connectivity index is 2.15. The number of ether oxygens (including phenoxy) is 1. The van der Waals surface area contributed by atoms with E-state index in [4.69, 9.17) is 22.1 Å². The summed E-state index contributed by atoms with van der Waals surface area (Å²) in [5.74, 6) is 0.129. The fourth-order valence-electron chi connectivity index (χ4n) is 1.66. The number of rotatable bonds is 4. The smallest absolute Gasteiger partial charge is 0.267 e. The number of hydrogen-bond donors (Lipinski definition) is 1. The highest BCUT2D eigenvalue weighted by Gasteiger charge is 2.14. The van der Waals surface area contributed by atoms with E-state index in [1.807, 2.05) is 6.07 Å². The van der Waals surface area contributed by atoms with Crippen molar-refractivity contribution < 1.29 is 13.5 Å². The van der Waals surface area contributed by atoms with Crippen molar-refractivity contribution in [2.45, 2.75) is 13.0 Å². The molecule has 2 rings (SSSR count). The summed E-state index contributed by atoms with van der Waals surface area (Å²) in [6.45, 7) is 0.171. The number of nitrogen functional groups attached to an aromatic ring is 1. The van der Waals surface area contributed by atoms with Crippen LogP contribution in [0.5, 0.6) is 5.75 Å². The van der Waals surface area contributed by atoms with E-state index in [0.29, 0.717) is 5.02 Å². The summed E-state index contributed by atoms with van der Waals surface area (Å²) >= 11 is 5.84. The predicted molar refractivity (Wildman–Crippen MR) is 71.6 cm³/mol. The van der Waals surface area contributed by atoms with Crippen LogP contribution in [0.3, 0.4) is 0 Å². The molecule has 2 aromatic rings. The summed E-state index contributed by atoms with van der Waals surface area (Å²) < 4.78 is 31.1. The fourth-order valence-corrected chi connectivity index (χ4v) is 1.87. The van der Waals surface area contributed by atoms with Crippen molar-refractivity contribution in [2.75, 3.05) is 5.73 Å². The Kier molecular flexibility index (Phi) is 4.22.